The lowest BCUT2D eigenvalue weighted by Crippen LogP contribution is -2.44. The van der Waals surface area contributed by atoms with Crippen LogP contribution >= 0.6 is 0 Å². The van der Waals surface area contributed by atoms with Crippen LogP contribution in [0.15, 0.2) is 0 Å². The molecular formula is C19H31N3O5. The van der Waals surface area contributed by atoms with Crippen molar-refractivity contribution in [1.82, 2.24) is 15.5 Å². The predicted octanol–water partition coefficient (Wildman–Crippen LogP) is 1.73. The van der Waals surface area contributed by atoms with Crippen molar-refractivity contribution >= 4 is 23.8 Å². The lowest BCUT2D eigenvalue weighted by atomic mass is 9.98. The molecule has 27 heavy (non-hydrogen) atoms. The maximum absolute atomic E-state index is 12.5. The Hall–Kier alpha value is -2.12. The molecule has 0 bridgehead atoms. The largest absolute Gasteiger partial charge is 0.454 e. The molecule has 0 aromatic carbocycles. The zero-order valence-corrected chi connectivity index (χ0v) is 16.5. The molecule has 152 valence electrons. The standard InChI is InChI=1S/C19H31N3O5/c1-13(2)7-6-8-14(3)20-15(23)12-27-16(24)11-22-17(25)19(21-18(22)26)9-4-5-10-19/h13-14H,4-12H2,1-3H3,(H,20,23)(H,21,26). The minimum atomic E-state index is -0.847. The first-order valence-corrected chi connectivity index (χ1v) is 9.82. The topological polar surface area (TPSA) is 105 Å². The molecule has 1 spiro atoms. The molecule has 4 amide bonds. The highest BCUT2D eigenvalue weighted by Crippen LogP contribution is 2.34. The quantitative estimate of drug-likeness (QED) is 0.467. The molecule has 0 aromatic heterocycles. The van der Waals surface area contributed by atoms with E-state index in [1.165, 1.54) is 0 Å². The van der Waals surface area contributed by atoms with E-state index in [2.05, 4.69) is 24.5 Å². The normalized spacial score (nSPS) is 19.5. The predicted molar refractivity (Wildman–Crippen MR) is 98.7 cm³/mol. The minimum absolute atomic E-state index is 0.00288. The van der Waals surface area contributed by atoms with E-state index >= 15 is 0 Å². The average Bonchev–Trinajstić information content (AvgIpc) is 3.14. The van der Waals surface area contributed by atoms with Crippen molar-refractivity contribution in [3.8, 4) is 0 Å². The van der Waals surface area contributed by atoms with Crippen molar-refractivity contribution in [2.24, 2.45) is 5.92 Å². The minimum Gasteiger partial charge on any atom is -0.454 e. The fourth-order valence-corrected chi connectivity index (χ4v) is 3.68. The summed E-state index contributed by atoms with van der Waals surface area (Å²) in [4.78, 5) is 49.2. The second-order valence-corrected chi connectivity index (χ2v) is 8.06. The summed E-state index contributed by atoms with van der Waals surface area (Å²) in [5.74, 6) is -0.895. The highest BCUT2D eigenvalue weighted by Gasteiger charge is 2.52. The van der Waals surface area contributed by atoms with Gasteiger partial charge in [-0.15, -0.1) is 0 Å². The van der Waals surface area contributed by atoms with Crippen LogP contribution in [0.4, 0.5) is 4.79 Å². The van der Waals surface area contributed by atoms with Crippen LogP contribution in [0.2, 0.25) is 0 Å². The SMILES string of the molecule is CC(C)CCCC(C)NC(=O)COC(=O)CN1C(=O)NC2(CCCC2)C1=O. The van der Waals surface area contributed by atoms with Gasteiger partial charge in [0.2, 0.25) is 0 Å². The van der Waals surface area contributed by atoms with Crippen molar-refractivity contribution in [1.29, 1.82) is 0 Å². The zero-order chi connectivity index (χ0) is 20.0. The van der Waals surface area contributed by atoms with Gasteiger partial charge in [0.15, 0.2) is 6.61 Å². The molecule has 0 aromatic rings. The first-order chi connectivity index (χ1) is 12.7. The number of esters is 1. The maximum Gasteiger partial charge on any atom is 0.326 e. The summed E-state index contributed by atoms with van der Waals surface area (Å²) in [6, 6.07) is -0.565. The zero-order valence-electron chi connectivity index (χ0n) is 16.5. The van der Waals surface area contributed by atoms with Crippen LogP contribution in [0.1, 0.15) is 65.7 Å². The van der Waals surface area contributed by atoms with E-state index in [4.69, 9.17) is 4.74 Å². The van der Waals surface area contributed by atoms with E-state index in [9.17, 15) is 19.2 Å². The van der Waals surface area contributed by atoms with Gasteiger partial charge in [-0.2, -0.15) is 0 Å². The Kier molecular flexibility index (Phi) is 7.21. The molecule has 1 unspecified atom stereocenters. The number of hydrogen-bond donors (Lipinski definition) is 2. The number of ether oxygens (including phenoxy) is 1. The molecule has 2 aliphatic rings. The molecule has 8 heteroatoms. The number of imide groups is 1. The summed E-state index contributed by atoms with van der Waals surface area (Å²) in [6.45, 7) is 5.34. The Balaban J connectivity index is 1.70. The smallest absolute Gasteiger partial charge is 0.326 e. The molecule has 1 saturated heterocycles. The number of hydrogen-bond acceptors (Lipinski definition) is 5. The molecule has 0 radical (unpaired) electrons. The average molecular weight is 381 g/mol. The third kappa shape index (κ3) is 5.68. The molecule has 2 fully saturated rings. The van der Waals surface area contributed by atoms with Crippen LogP contribution < -0.4 is 10.6 Å². The second-order valence-electron chi connectivity index (χ2n) is 8.06. The summed E-state index contributed by atoms with van der Waals surface area (Å²) in [5.41, 5.74) is -0.847. The van der Waals surface area contributed by atoms with Gasteiger partial charge in [-0.3, -0.25) is 19.3 Å². The van der Waals surface area contributed by atoms with Crippen LogP contribution in [0, 0.1) is 5.92 Å². The van der Waals surface area contributed by atoms with Gasteiger partial charge in [0.05, 0.1) is 0 Å². The number of nitrogens with one attached hydrogen (secondary N) is 2. The van der Waals surface area contributed by atoms with E-state index < -0.39 is 30.7 Å². The van der Waals surface area contributed by atoms with E-state index in [0.717, 1.165) is 37.0 Å². The molecular weight excluding hydrogens is 350 g/mol. The van der Waals surface area contributed by atoms with E-state index in [1.807, 2.05) is 6.92 Å². The maximum atomic E-state index is 12.5. The van der Waals surface area contributed by atoms with Crippen LogP contribution in [-0.2, 0) is 19.1 Å². The molecule has 1 heterocycles. The van der Waals surface area contributed by atoms with Crippen molar-refractivity contribution in [3.63, 3.8) is 0 Å². The fourth-order valence-electron chi connectivity index (χ4n) is 3.68. The molecule has 2 rings (SSSR count). The molecule has 1 aliphatic heterocycles. The third-order valence-corrected chi connectivity index (χ3v) is 5.18. The van der Waals surface area contributed by atoms with Gasteiger partial charge in [-0.25, -0.2) is 4.79 Å². The van der Waals surface area contributed by atoms with Crippen LogP contribution in [0.5, 0.6) is 0 Å². The van der Waals surface area contributed by atoms with Gasteiger partial charge in [-0.05, 0) is 32.1 Å². The summed E-state index contributed by atoms with van der Waals surface area (Å²) in [5, 5.41) is 5.49. The Labute approximate surface area is 160 Å². The van der Waals surface area contributed by atoms with Gasteiger partial charge >= 0.3 is 12.0 Å². The van der Waals surface area contributed by atoms with Crippen molar-refractivity contribution in [3.05, 3.63) is 0 Å². The number of carbonyl (C=O) groups excluding carboxylic acids is 4. The monoisotopic (exact) mass is 381 g/mol. The van der Waals surface area contributed by atoms with E-state index in [0.29, 0.717) is 18.8 Å². The first kappa shape index (κ1) is 21.2. The number of urea groups is 1. The van der Waals surface area contributed by atoms with Crippen molar-refractivity contribution < 1.29 is 23.9 Å². The Bertz CT molecular complexity index is 584. The number of amides is 4. The Morgan fingerprint density at radius 3 is 2.48 bits per heavy atom. The van der Waals surface area contributed by atoms with Crippen LogP contribution in [0.25, 0.3) is 0 Å². The van der Waals surface area contributed by atoms with Gasteiger partial charge in [0.25, 0.3) is 11.8 Å². The summed E-state index contributed by atoms with van der Waals surface area (Å²) in [6.07, 6.45) is 5.93. The van der Waals surface area contributed by atoms with Gasteiger partial charge < -0.3 is 15.4 Å². The van der Waals surface area contributed by atoms with Crippen molar-refractivity contribution in [2.75, 3.05) is 13.2 Å². The lowest BCUT2D eigenvalue weighted by molar-refractivity contribution is -0.151. The summed E-state index contributed by atoms with van der Waals surface area (Å²) >= 11 is 0. The number of nitrogens with zero attached hydrogens (tertiary/aromatic N) is 1. The molecule has 1 aliphatic carbocycles. The van der Waals surface area contributed by atoms with Crippen molar-refractivity contribution in [2.45, 2.75) is 77.3 Å². The lowest BCUT2D eigenvalue weighted by Gasteiger charge is -2.19. The van der Waals surface area contributed by atoms with Gasteiger partial charge in [0.1, 0.15) is 12.1 Å². The fraction of sp³-hybridized carbons (Fsp3) is 0.789. The van der Waals surface area contributed by atoms with E-state index in [1.54, 1.807) is 0 Å². The second kappa shape index (κ2) is 9.19. The van der Waals surface area contributed by atoms with Crippen LogP contribution in [-0.4, -0.2) is 53.4 Å². The highest BCUT2D eigenvalue weighted by molar-refractivity contribution is 6.08. The summed E-state index contributed by atoms with van der Waals surface area (Å²) in [7, 11) is 0. The molecule has 8 nitrogen and oxygen atoms in total. The molecule has 2 N–H and O–H groups in total. The summed E-state index contributed by atoms with van der Waals surface area (Å²) < 4.78 is 4.93. The van der Waals surface area contributed by atoms with Gasteiger partial charge in [0, 0.05) is 6.04 Å². The van der Waals surface area contributed by atoms with E-state index in [-0.39, 0.29) is 17.9 Å². The Morgan fingerprint density at radius 2 is 1.85 bits per heavy atom. The number of rotatable bonds is 9. The molecule has 1 saturated carbocycles. The third-order valence-electron chi connectivity index (χ3n) is 5.18. The highest BCUT2D eigenvalue weighted by atomic mass is 16.5. The Morgan fingerprint density at radius 1 is 1.19 bits per heavy atom. The van der Waals surface area contributed by atoms with Crippen LogP contribution in [0.3, 0.4) is 0 Å². The van der Waals surface area contributed by atoms with Gasteiger partial charge in [-0.1, -0.05) is 39.5 Å². The first-order valence-electron chi connectivity index (χ1n) is 9.82. The molecule has 1 atom stereocenters. The number of carbonyl (C=O) groups is 4.